The van der Waals surface area contributed by atoms with E-state index in [1.165, 1.54) is 45.6 Å². The van der Waals surface area contributed by atoms with Gasteiger partial charge in [0, 0.05) is 17.2 Å². The molecule has 2 aromatic carbocycles. The Morgan fingerprint density at radius 1 is 1.04 bits per heavy atom. The Balaban J connectivity index is 2.01. The fourth-order valence-corrected chi connectivity index (χ4v) is 2.60. The smallest absolute Gasteiger partial charge is 0.363 e. The first-order valence-electron chi connectivity index (χ1n) is 8.04. The number of hydrogen-bond donors (Lipinski definition) is 0. The highest BCUT2D eigenvalue weighted by molar-refractivity contribution is 6.13. The number of rotatable bonds is 6. The van der Waals surface area contributed by atoms with Gasteiger partial charge in [-0.2, -0.15) is 0 Å². The second-order valence-corrected chi connectivity index (χ2v) is 5.59. The summed E-state index contributed by atoms with van der Waals surface area (Å²) in [6.07, 6.45) is 1.49. The molecule has 1 aliphatic rings. The molecule has 0 saturated heterocycles. The van der Waals surface area contributed by atoms with E-state index in [0.29, 0.717) is 17.1 Å². The molecule has 0 N–H and O–H groups in total. The van der Waals surface area contributed by atoms with Crippen LogP contribution >= 0.6 is 0 Å². The molecule has 0 saturated carbocycles. The minimum atomic E-state index is -0.682. The van der Waals surface area contributed by atoms with Crippen LogP contribution in [0.5, 0.6) is 17.2 Å². The fourth-order valence-electron chi connectivity index (χ4n) is 2.60. The Hall–Kier alpha value is -3.88. The van der Waals surface area contributed by atoms with Crippen molar-refractivity contribution in [3.05, 3.63) is 63.3 Å². The summed E-state index contributed by atoms with van der Waals surface area (Å²) in [7, 11) is 4.36. The summed E-state index contributed by atoms with van der Waals surface area (Å²) in [5.41, 5.74) is 0.618. The number of nitro groups is 1. The lowest BCUT2D eigenvalue weighted by Gasteiger charge is -2.07. The number of ether oxygens (including phenoxy) is 4. The molecule has 9 heteroatoms. The molecule has 1 aliphatic heterocycles. The zero-order valence-corrected chi connectivity index (χ0v) is 15.3. The Kier molecular flexibility index (Phi) is 5.25. The molecule has 0 amide bonds. The number of carbonyl (C=O) groups excluding carboxylic acids is 1. The number of cyclic esters (lactones) is 1. The van der Waals surface area contributed by atoms with Gasteiger partial charge in [-0.25, -0.2) is 9.79 Å². The van der Waals surface area contributed by atoms with Crippen molar-refractivity contribution in [1.29, 1.82) is 0 Å². The standard InChI is InChI=1S/C19H16N2O7/c1-25-13-5-7-16(26-2)12(8-13)9-14-19(22)28-18(20-14)11-4-6-17(27-3)15(10-11)21(23)24/h4-10H,1-3H3. The molecular formula is C19H16N2O7. The molecule has 0 aliphatic carbocycles. The Bertz CT molecular complexity index is 1010. The molecule has 0 bridgehead atoms. The lowest BCUT2D eigenvalue weighted by Crippen LogP contribution is -2.06. The molecule has 0 aromatic heterocycles. The first kappa shape index (κ1) is 18.9. The van der Waals surface area contributed by atoms with Gasteiger partial charge in [-0.3, -0.25) is 10.1 Å². The van der Waals surface area contributed by atoms with E-state index < -0.39 is 10.9 Å². The van der Waals surface area contributed by atoms with Crippen molar-refractivity contribution in [3.63, 3.8) is 0 Å². The van der Waals surface area contributed by atoms with Crippen LogP contribution in [0.1, 0.15) is 11.1 Å². The van der Waals surface area contributed by atoms with E-state index >= 15 is 0 Å². The van der Waals surface area contributed by atoms with Gasteiger partial charge in [0.2, 0.25) is 5.90 Å². The highest BCUT2D eigenvalue weighted by Crippen LogP contribution is 2.31. The van der Waals surface area contributed by atoms with E-state index in [1.807, 2.05) is 0 Å². The molecule has 28 heavy (non-hydrogen) atoms. The van der Waals surface area contributed by atoms with E-state index in [4.69, 9.17) is 18.9 Å². The maximum absolute atomic E-state index is 12.2. The number of methoxy groups -OCH3 is 3. The number of benzene rings is 2. The summed E-state index contributed by atoms with van der Waals surface area (Å²) in [4.78, 5) is 27.0. The maximum atomic E-state index is 12.2. The van der Waals surface area contributed by atoms with Gasteiger partial charge >= 0.3 is 11.7 Å². The van der Waals surface area contributed by atoms with Gasteiger partial charge in [-0.15, -0.1) is 0 Å². The molecule has 0 radical (unpaired) electrons. The van der Waals surface area contributed by atoms with Crippen molar-refractivity contribution in [2.24, 2.45) is 4.99 Å². The van der Waals surface area contributed by atoms with Gasteiger partial charge in [-0.05, 0) is 36.4 Å². The predicted octanol–water partition coefficient (Wildman–Crippen LogP) is 2.97. The van der Waals surface area contributed by atoms with Gasteiger partial charge in [0.05, 0.1) is 26.3 Å². The molecule has 1 heterocycles. The SMILES string of the molecule is COc1ccc(OC)c(C=C2N=C(c3ccc(OC)c([N+](=O)[O-])c3)OC2=O)c1. The van der Waals surface area contributed by atoms with Gasteiger partial charge in [0.25, 0.3) is 0 Å². The molecular weight excluding hydrogens is 368 g/mol. The lowest BCUT2D eigenvalue weighted by molar-refractivity contribution is -0.385. The first-order valence-corrected chi connectivity index (χ1v) is 8.04. The zero-order chi connectivity index (χ0) is 20.3. The topological polar surface area (TPSA) is 109 Å². The summed E-state index contributed by atoms with van der Waals surface area (Å²) in [5, 5.41) is 11.2. The molecule has 0 unspecified atom stereocenters. The summed E-state index contributed by atoms with van der Waals surface area (Å²) in [5.74, 6) is 0.469. The summed E-state index contributed by atoms with van der Waals surface area (Å²) >= 11 is 0. The van der Waals surface area contributed by atoms with Crippen LogP contribution in [0.3, 0.4) is 0 Å². The van der Waals surface area contributed by atoms with E-state index in [2.05, 4.69) is 4.99 Å². The average Bonchev–Trinajstić information content (AvgIpc) is 3.07. The minimum absolute atomic E-state index is 0.0278. The van der Waals surface area contributed by atoms with Crippen molar-refractivity contribution >= 4 is 23.6 Å². The van der Waals surface area contributed by atoms with E-state index in [-0.39, 0.29) is 28.6 Å². The third-order valence-electron chi connectivity index (χ3n) is 3.97. The van der Waals surface area contributed by atoms with Crippen LogP contribution in [0, 0.1) is 10.1 Å². The number of nitrogens with zero attached hydrogens (tertiary/aromatic N) is 2. The number of nitro benzene ring substituents is 1. The molecule has 0 fully saturated rings. The van der Waals surface area contributed by atoms with E-state index in [9.17, 15) is 14.9 Å². The van der Waals surface area contributed by atoms with Crippen molar-refractivity contribution in [2.45, 2.75) is 0 Å². The minimum Gasteiger partial charge on any atom is -0.497 e. The predicted molar refractivity (Wildman–Crippen MR) is 99.8 cm³/mol. The molecule has 0 spiro atoms. The van der Waals surface area contributed by atoms with Crippen LogP contribution in [0.2, 0.25) is 0 Å². The van der Waals surface area contributed by atoms with Crippen molar-refractivity contribution < 1.29 is 28.7 Å². The fraction of sp³-hybridized carbons (Fsp3) is 0.158. The van der Waals surface area contributed by atoms with Gasteiger partial charge in [0.1, 0.15) is 11.5 Å². The second kappa shape index (κ2) is 7.78. The molecule has 2 aromatic rings. The second-order valence-electron chi connectivity index (χ2n) is 5.59. The summed E-state index contributed by atoms with van der Waals surface area (Å²) in [6.45, 7) is 0. The Labute approximate surface area is 160 Å². The van der Waals surface area contributed by atoms with Crippen LogP contribution in [0.15, 0.2) is 47.1 Å². The molecule has 0 atom stereocenters. The monoisotopic (exact) mass is 384 g/mol. The third kappa shape index (κ3) is 3.63. The van der Waals surface area contributed by atoms with E-state index in [0.717, 1.165) is 0 Å². The number of carbonyl (C=O) groups is 1. The van der Waals surface area contributed by atoms with Crippen LogP contribution in [-0.4, -0.2) is 38.1 Å². The van der Waals surface area contributed by atoms with Crippen LogP contribution in [0.25, 0.3) is 6.08 Å². The van der Waals surface area contributed by atoms with Crippen molar-refractivity contribution in [3.8, 4) is 17.2 Å². The van der Waals surface area contributed by atoms with Crippen LogP contribution in [-0.2, 0) is 9.53 Å². The van der Waals surface area contributed by atoms with Gasteiger partial charge < -0.3 is 18.9 Å². The normalized spacial score (nSPS) is 14.5. The zero-order valence-electron chi connectivity index (χ0n) is 15.3. The third-order valence-corrected chi connectivity index (χ3v) is 3.97. The highest BCUT2D eigenvalue weighted by Gasteiger charge is 2.27. The number of esters is 1. The summed E-state index contributed by atoms with van der Waals surface area (Å²) in [6, 6.07) is 9.27. The largest absolute Gasteiger partial charge is 0.497 e. The van der Waals surface area contributed by atoms with Gasteiger partial charge in [0.15, 0.2) is 11.4 Å². The number of hydrogen-bond acceptors (Lipinski definition) is 8. The molecule has 144 valence electrons. The van der Waals surface area contributed by atoms with Crippen molar-refractivity contribution in [1.82, 2.24) is 0 Å². The van der Waals surface area contributed by atoms with E-state index in [1.54, 1.807) is 18.2 Å². The molecule has 9 nitrogen and oxygen atoms in total. The Morgan fingerprint density at radius 2 is 1.75 bits per heavy atom. The van der Waals surface area contributed by atoms with Crippen LogP contribution in [0.4, 0.5) is 5.69 Å². The van der Waals surface area contributed by atoms with Crippen molar-refractivity contribution in [2.75, 3.05) is 21.3 Å². The van der Waals surface area contributed by atoms with Gasteiger partial charge in [-0.1, -0.05) is 0 Å². The first-order chi connectivity index (χ1) is 13.5. The number of aliphatic imine (C=N–C) groups is 1. The highest BCUT2D eigenvalue weighted by atomic mass is 16.6. The Morgan fingerprint density at radius 3 is 2.39 bits per heavy atom. The van der Waals surface area contributed by atoms with Crippen LogP contribution < -0.4 is 14.2 Å². The maximum Gasteiger partial charge on any atom is 0.363 e. The summed E-state index contributed by atoms with van der Waals surface area (Å²) < 4.78 is 20.6. The quantitative estimate of drug-likeness (QED) is 0.326. The average molecular weight is 384 g/mol. The molecule has 3 rings (SSSR count). The lowest BCUT2D eigenvalue weighted by atomic mass is 10.1.